The number of phenols is 1. The number of likely N-dealkylation sites (tertiary alicyclic amines) is 1. The van der Waals surface area contributed by atoms with E-state index in [1.807, 2.05) is 85.8 Å². The van der Waals surface area contributed by atoms with Gasteiger partial charge in [0.15, 0.2) is 11.5 Å². The van der Waals surface area contributed by atoms with Gasteiger partial charge < -0.3 is 9.84 Å². The predicted octanol–water partition coefficient (Wildman–Crippen LogP) is 6.62. The van der Waals surface area contributed by atoms with Crippen molar-refractivity contribution in [1.29, 1.82) is 0 Å². The van der Waals surface area contributed by atoms with Crippen molar-refractivity contribution in [3.8, 4) is 11.5 Å². The molecule has 8 nitrogen and oxygen atoms in total. The van der Waals surface area contributed by atoms with Gasteiger partial charge in [-0.1, -0.05) is 59.6 Å². The number of imide groups is 2. The van der Waals surface area contributed by atoms with E-state index in [0.29, 0.717) is 31.8 Å². The third-order valence-electron chi connectivity index (χ3n) is 10.4. The molecule has 242 valence electrons. The van der Waals surface area contributed by atoms with Crippen LogP contribution < -0.4 is 9.64 Å². The number of allylic oxidation sites excluding steroid dienone is 2. The van der Waals surface area contributed by atoms with E-state index < -0.39 is 40.5 Å². The molecule has 3 aromatic rings. The molecule has 4 amide bonds. The Morgan fingerprint density at radius 1 is 0.936 bits per heavy atom. The average Bonchev–Trinajstić information content (AvgIpc) is 3.43. The maximum atomic E-state index is 15.3. The summed E-state index contributed by atoms with van der Waals surface area (Å²) in [5.41, 5.74) is 0.445. The molecular weight excluding hydrogens is 731 g/mol. The molecule has 3 aromatic carbocycles. The van der Waals surface area contributed by atoms with E-state index in [1.54, 1.807) is 30.3 Å². The molecule has 2 aliphatic heterocycles. The summed E-state index contributed by atoms with van der Waals surface area (Å²) < 4.78 is 6.11. The lowest BCUT2D eigenvalue weighted by Crippen LogP contribution is -2.53. The van der Waals surface area contributed by atoms with Gasteiger partial charge in [0.1, 0.15) is 0 Å². The first kappa shape index (κ1) is 31.9. The fraction of sp³-hybridized carbons (Fsp3) is 0.351. The maximum absolute atomic E-state index is 15.3. The molecule has 47 heavy (non-hydrogen) atoms. The first-order valence-corrected chi connectivity index (χ1v) is 17.1. The number of benzene rings is 3. The number of carbonyl (C=O) groups excluding carboxylic acids is 4. The Morgan fingerprint density at radius 3 is 2.32 bits per heavy atom. The number of halogens is 2. The van der Waals surface area contributed by atoms with Gasteiger partial charge in [0.2, 0.25) is 23.6 Å². The summed E-state index contributed by atoms with van der Waals surface area (Å²) in [7, 11) is 1.47. The number of aromatic hydroxyl groups is 1. The molecule has 6 unspecified atom stereocenters. The normalized spacial score (nSPS) is 28.6. The lowest BCUT2D eigenvalue weighted by molar-refractivity contribution is -0.145. The number of hydrogen-bond acceptors (Lipinski definition) is 6. The highest BCUT2D eigenvalue weighted by molar-refractivity contribution is 14.1. The molecule has 0 spiro atoms. The zero-order valence-electron chi connectivity index (χ0n) is 26.4. The molecule has 2 saturated heterocycles. The van der Waals surface area contributed by atoms with Crippen LogP contribution in [-0.2, 0) is 24.6 Å². The van der Waals surface area contributed by atoms with Crippen molar-refractivity contribution in [1.82, 2.24) is 4.90 Å². The monoisotopic (exact) mass is 764 g/mol. The Bertz CT molecular complexity index is 1890. The summed E-state index contributed by atoms with van der Waals surface area (Å²) in [5.74, 6) is -4.28. The molecule has 6 atom stereocenters. The van der Waals surface area contributed by atoms with E-state index in [0.717, 1.165) is 5.57 Å². The van der Waals surface area contributed by atoms with Gasteiger partial charge in [-0.05, 0) is 104 Å². The molecule has 7 rings (SSSR count). The number of anilines is 1. The average molecular weight is 765 g/mol. The van der Waals surface area contributed by atoms with E-state index in [-0.39, 0.29) is 41.5 Å². The van der Waals surface area contributed by atoms with E-state index in [2.05, 4.69) is 0 Å². The molecule has 3 fully saturated rings. The van der Waals surface area contributed by atoms with Gasteiger partial charge in [0, 0.05) is 16.5 Å². The highest BCUT2D eigenvalue weighted by Crippen LogP contribution is 2.65. The highest BCUT2D eigenvalue weighted by Gasteiger charge is 2.70. The van der Waals surface area contributed by atoms with Crippen molar-refractivity contribution >= 4 is 63.5 Å². The molecular formula is C37H34ClIN2O6. The molecule has 0 bridgehead atoms. The number of carbonyl (C=O) groups is 4. The molecule has 1 saturated carbocycles. The number of amides is 4. The van der Waals surface area contributed by atoms with E-state index >= 15 is 4.79 Å². The van der Waals surface area contributed by atoms with Crippen molar-refractivity contribution in [2.24, 2.45) is 23.7 Å². The Balaban J connectivity index is 1.52. The van der Waals surface area contributed by atoms with Gasteiger partial charge in [0.05, 0.1) is 39.5 Å². The zero-order chi connectivity index (χ0) is 33.6. The SMILES string of the molecule is COc1cc(C2C3=CCC4C(=O)N(C(C)(C)C)C(=O)C4C3CC3C(=O)N(c4cccc(Cl)c4)C(=O)C32c2ccccc2)cc(I)c1O. The van der Waals surface area contributed by atoms with Crippen molar-refractivity contribution in [2.75, 3.05) is 12.0 Å². The van der Waals surface area contributed by atoms with Crippen LogP contribution in [0.15, 0.2) is 78.4 Å². The highest BCUT2D eigenvalue weighted by atomic mass is 127. The second-order valence-electron chi connectivity index (χ2n) is 13.8. The second kappa shape index (κ2) is 11.2. The summed E-state index contributed by atoms with van der Waals surface area (Å²) in [6.45, 7) is 5.56. The number of nitrogens with zero attached hydrogens (tertiary/aromatic N) is 2. The van der Waals surface area contributed by atoms with Crippen LogP contribution >= 0.6 is 34.2 Å². The number of methoxy groups -OCH3 is 1. The van der Waals surface area contributed by atoms with Gasteiger partial charge in [-0.2, -0.15) is 0 Å². The Labute approximate surface area is 291 Å². The predicted molar refractivity (Wildman–Crippen MR) is 185 cm³/mol. The topological polar surface area (TPSA) is 104 Å². The third kappa shape index (κ3) is 4.52. The number of fused-ring (bicyclic) bond motifs is 4. The standard InChI is InChI=1S/C37H34ClIN2O6/c1-36(2,3)41-32(43)24-14-13-23-25(29(24)34(41)45)18-26-33(44)40(22-12-8-11-21(38)17-22)35(46)37(26,20-9-6-5-7-10-20)30(23)19-15-27(39)31(42)28(16-19)47-4/h5-13,15-17,24-26,29-30,42H,14,18H2,1-4H3. The van der Waals surface area contributed by atoms with Crippen LogP contribution in [0.25, 0.3) is 0 Å². The number of ether oxygens (including phenoxy) is 1. The van der Waals surface area contributed by atoms with Gasteiger partial charge in [-0.15, -0.1) is 0 Å². The van der Waals surface area contributed by atoms with Crippen molar-refractivity contribution in [3.05, 3.63) is 98.1 Å². The summed E-state index contributed by atoms with van der Waals surface area (Å²) in [4.78, 5) is 60.8. The largest absolute Gasteiger partial charge is 0.504 e. The van der Waals surface area contributed by atoms with E-state index in [9.17, 15) is 19.5 Å². The Kier molecular flexibility index (Phi) is 7.59. The number of rotatable bonds is 4. The maximum Gasteiger partial charge on any atom is 0.246 e. The van der Waals surface area contributed by atoms with Crippen LogP contribution in [0.2, 0.25) is 5.02 Å². The summed E-state index contributed by atoms with van der Waals surface area (Å²) in [6.07, 6.45) is 2.58. The molecule has 0 radical (unpaired) electrons. The summed E-state index contributed by atoms with van der Waals surface area (Å²) >= 11 is 8.42. The Morgan fingerprint density at radius 2 is 1.66 bits per heavy atom. The summed E-state index contributed by atoms with van der Waals surface area (Å²) in [5, 5.41) is 11.2. The quantitative estimate of drug-likeness (QED) is 0.182. The summed E-state index contributed by atoms with van der Waals surface area (Å²) in [6, 6.07) is 19.6. The first-order chi connectivity index (χ1) is 22.3. The molecule has 0 aromatic heterocycles. The number of hydrogen-bond donors (Lipinski definition) is 1. The van der Waals surface area contributed by atoms with E-state index in [4.69, 9.17) is 16.3 Å². The molecule has 4 aliphatic rings. The smallest absolute Gasteiger partial charge is 0.246 e. The minimum absolute atomic E-state index is 0.0287. The van der Waals surface area contributed by atoms with Gasteiger partial charge >= 0.3 is 0 Å². The first-order valence-electron chi connectivity index (χ1n) is 15.7. The molecule has 10 heteroatoms. The van der Waals surface area contributed by atoms with Crippen molar-refractivity contribution in [2.45, 2.75) is 50.5 Å². The lowest BCUT2D eigenvalue weighted by atomic mass is 9.49. The lowest BCUT2D eigenvalue weighted by Gasteiger charge is -2.50. The van der Waals surface area contributed by atoms with Crippen molar-refractivity contribution in [3.63, 3.8) is 0 Å². The number of phenolic OH excluding ortho intramolecular Hbond substituents is 1. The fourth-order valence-electron chi connectivity index (χ4n) is 8.70. The van der Waals surface area contributed by atoms with Crippen LogP contribution in [0, 0.1) is 27.2 Å². The Hall–Kier alpha value is -3.70. The minimum Gasteiger partial charge on any atom is -0.504 e. The van der Waals surface area contributed by atoms with Gasteiger partial charge in [-0.25, -0.2) is 4.90 Å². The third-order valence-corrected chi connectivity index (χ3v) is 11.5. The molecule has 2 aliphatic carbocycles. The van der Waals surface area contributed by atoms with Gasteiger partial charge in [-0.3, -0.25) is 24.1 Å². The van der Waals surface area contributed by atoms with E-state index in [1.165, 1.54) is 16.9 Å². The minimum atomic E-state index is -1.41. The van der Waals surface area contributed by atoms with Gasteiger partial charge in [0.25, 0.3) is 0 Å². The second-order valence-corrected chi connectivity index (χ2v) is 15.4. The van der Waals surface area contributed by atoms with Crippen LogP contribution in [0.3, 0.4) is 0 Å². The van der Waals surface area contributed by atoms with Crippen LogP contribution in [0.1, 0.15) is 50.7 Å². The van der Waals surface area contributed by atoms with Crippen LogP contribution in [-0.4, -0.2) is 46.3 Å². The van der Waals surface area contributed by atoms with Crippen LogP contribution in [0.5, 0.6) is 11.5 Å². The van der Waals surface area contributed by atoms with Crippen LogP contribution in [0.4, 0.5) is 5.69 Å². The van der Waals surface area contributed by atoms with Crippen molar-refractivity contribution < 1.29 is 29.0 Å². The molecule has 1 N–H and O–H groups in total. The zero-order valence-corrected chi connectivity index (χ0v) is 29.3. The molecule has 2 heterocycles. The fourth-order valence-corrected chi connectivity index (χ4v) is 9.51.